The first-order chi connectivity index (χ1) is 5.10. The van der Waals surface area contributed by atoms with E-state index in [1.807, 2.05) is 0 Å². The van der Waals surface area contributed by atoms with E-state index in [1.54, 1.807) is 0 Å². The number of piperidine rings is 1. The molecule has 1 saturated heterocycles. The molecule has 0 aromatic rings. The van der Waals surface area contributed by atoms with Gasteiger partial charge in [-0.2, -0.15) is 0 Å². The Bertz CT molecular complexity index is 149. The summed E-state index contributed by atoms with van der Waals surface area (Å²) in [6.45, 7) is 4.66. The van der Waals surface area contributed by atoms with E-state index in [0.29, 0.717) is 0 Å². The number of hydrogen-bond donors (Lipinski definition) is 1. The van der Waals surface area contributed by atoms with Gasteiger partial charge in [-0.1, -0.05) is 0 Å². The summed E-state index contributed by atoms with van der Waals surface area (Å²) in [7, 11) is 2.21. The third-order valence-corrected chi connectivity index (χ3v) is 3.69. The van der Waals surface area contributed by atoms with Gasteiger partial charge < -0.3 is 10.6 Å². The van der Waals surface area contributed by atoms with Crippen molar-refractivity contribution in [3.05, 3.63) is 0 Å². The SMILES string of the molecule is CN1CC2CCC(C1)C2(C)N. The van der Waals surface area contributed by atoms with Crippen molar-refractivity contribution in [2.45, 2.75) is 25.3 Å². The highest BCUT2D eigenvalue weighted by Gasteiger charge is 2.47. The van der Waals surface area contributed by atoms with Gasteiger partial charge in [-0.3, -0.25) is 0 Å². The summed E-state index contributed by atoms with van der Waals surface area (Å²) in [5.74, 6) is 1.51. The Morgan fingerprint density at radius 1 is 1.27 bits per heavy atom. The van der Waals surface area contributed by atoms with Crippen LogP contribution in [0.25, 0.3) is 0 Å². The second-order valence-electron chi connectivity index (χ2n) is 4.56. The minimum atomic E-state index is 0.145. The Balaban J connectivity index is 2.19. The number of likely N-dealkylation sites (tertiary alicyclic amines) is 1. The van der Waals surface area contributed by atoms with Crippen molar-refractivity contribution in [1.82, 2.24) is 4.90 Å². The van der Waals surface area contributed by atoms with Crippen molar-refractivity contribution in [1.29, 1.82) is 0 Å². The van der Waals surface area contributed by atoms with Crippen LogP contribution in [-0.2, 0) is 0 Å². The molecule has 2 unspecified atom stereocenters. The number of rotatable bonds is 0. The van der Waals surface area contributed by atoms with Crippen molar-refractivity contribution >= 4 is 0 Å². The predicted octanol–water partition coefficient (Wildman–Crippen LogP) is 0.675. The second kappa shape index (κ2) is 2.20. The molecule has 2 rings (SSSR count). The summed E-state index contributed by atoms with van der Waals surface area (Å²) < 4.78 is 0. The van der Waals surface area contributed by atoms with Crippen molar-refractivity contribution in [3.63, 3.8) is 0 Å². The second-order valence-corrected chi connectivity index (χ2v) is 4.56. The first kappa shape index (κ1) is 7.56. The Labute approximate surface area is 68.7 Å². The lowest BCUT2D eigenvalue weighted by molar-refractivity contribution is 0.116. The average molecular weight is 154 g/mol. The predicted molar refractivity (Wildman–Crippen MR) is 46.3 cm³/mol. The average Bonchev–Trinajstić information content (AvgIpc) is 2.19. The van der Waals surface area contributed by atoms with Gasteiger partial charge in [0, 0.05) is 18.6 Å². The molecule has 0 aromatic heterocycles. The maximum atomic E-state index is 6.26. The van der Waals surface area contributed by atoms with Crippen LogP contribution in [0.5, 0.6) is 0 Å². The van der Waals surface area contributed by atoms with Gasteiger partial charge in [0.15, 0.2) is 0 Å². The molecule has 0 radical (unpaired) electrons. The smallest absolute Gasteiger partial charge is 0.0207 e. The van der Waals surface area contributed by atoms with Gasteiger partial charge in [0.25, 0.3) is 0 Å². The van der Waals surface area contributed by atoms with Crippen LogP contribution in [-0.4, -0.2) is 30.6 Å². The third kappa shape index (κ3) is 1.00. The molecule has 2 aliphatic rings. The molecule has 2 bridgehead atoms. The summed E-state index contributed by atoms with van der Waals surface area (Å²) in [6.07, 6.45) is 2.70. The third-order valence-electron chi connectivity index (χ3n) is 3.69. The largest absolute Gasteiger partial charge is 0.325 e. The van der Waals surface area contributed by atoms with Crippen LogP contribution < -0.4 is 5.73 Å². The fourth-order valence-electron chi connectivity index (χ4n) is 2.76. The van der Waals surface area contributed by atoms with Gasteiger partial charge in [0.2, 0.25) is 0 Å². The van der Waals surface area contributed by atoms with E-state index < -0.39 is 0 Å². The van der Waals surface area contributed by atoms with E-state index in [4.69, 9.17) is 5.73 Å². The zero-order valence-electron chi connectivity index (χ0n) is 7.51. The molecule has 2 nitrogen and oxygen atoms in total. The van der Waals surface area contributed by atoms with Gasteiger partial charge in [0.1, 0.15) is 0 Å². The van der Waals surface area contributed by atoms with E-state index in [-0.39, 0.29) is 5.54 Å². The monoisotopic (exact) mass is 154 g/mol. The molecule has 2 atom stereocenters. The minimum absolute atomic E-state index is 0.145. The lowest BCUT2D eigenvalue weighted by Gasteiger charge is -2.41. The first-order valence-corrected chi connectivity index (χ1v) is 4.58. The van der Waals surface area contributed by atoms with Gasteiger partial charge in [-0.15, -0.1) is 0 Å². The lowest BCUT2D eigenvalue weighted by atomic mass is 9.80. The summed E-state index contributed by atoms with van der Waals surface area (Å²) in [5, 5.41) is 0. The number of nitrogens with two attached hydrogens (primary N) is 1. The van der Waals surface area contributed by atoms with E-state index in [2.05, 4.69) is 18.9 Å². The molecular formula is C9H18N2. The highest BCUT2D eigenvalue weighted by atomic mass is 15.1. The highest BCUT2D eigenvalue weighted by Crippen LogP contribution is 2.42. The molecule has 2 heteroatoms. The standard InChI is InChI=1S/C9H18N2/c1-9(10)7-3-4-8(9)6-11(2)5-7/h7-8H,3-6,10H2,1-2H3. The highest BCUT2D eigenvalue weighted by molar-refractivity contribution is 5.04. The molecule has 0 aromatic carbocycles. The topological polar surface area (TPSA) is 29.3 Å². The zero-order chi connectivity index (χ0) is 8.06. The fraction of sp³-hybridized carbons (Fsp3) is 1.00. The number of nitrogens with zero attached hydrogens (tertiary/aromatic N) is 1. The molecule has 0 amide bonds. The van der Waals surface area contributed by atoms with E-state index in [1.165, 1.54) is 25.9 Å². The van der Waals surface area contributed by atoms with E-state index in [0.717, 1.165) is 11.8 Å². The van der Waals surface area contributed by atoms with Crippen LogP contribution in [0.4, 0.5) is 0 Å². The van der Waals surface area contributed by atoms with Gasteiger partial charge in [-0.05, 0) is 38.6 Å². The Kier molecular flexibility index (Phi) is 1.52. The zero-order valence-corrected chi connectivity index (χ0v) is 7.51. The van der Waals surface area contributed by atoms with Gasteiger partial charge >= 0.3 is 0 Å². The Hall–Kier alpha value is -0.0800. The maximum Gasteiger partial charge on any atom is 0.0207 e. The van der Waals surface area contributed by atoms with Crippen LogP contribution in [0.15, 0.2) is 0 Å². The van der Waals surface area contributed by atoms with Crippen LogP contribution in [0, 0.1) is 11.8 Å². The molecule has 2 fully saturated rings. The van der Waals surface area contributed by atoms with Crippen LogP contribution >= 0.6 is 0 Å². The number of hydrogen-bond acceptors (Lipinski definition) is 2. The molecule has 2 N–H and O–H groups in total. The van der Waals surface area contributed by atoms with Crippen LogP contribution in [0.3, 0.4) is 0 Å². The molecule has 11 heavy (non-hydrogen) atoms. The van der Waals surface area contributed by atoms with Crippen LogP contribution in [0.1, 0.15) is 19.8 Å². The molecular weight excluding hydrogens is 136 g/mol. The first-order valence-electron chi connectivity index (χ1n) is 4.58. The van der Waals surface area contributed by atoms with Gasteiger partial charge in [-0.25, -0.2) is 0 Å². The fourth-order valence-corrected chi connectivity index (χ4v) is 2.76. The van der Waals surface area contributed by atoms with Crippen molar-refractivity contribution in [2.75, 3.05) is 20.1 Å². The molecule has 1 aliphatic carbocycles. The van der Waals surface area contributed by atoms with E-state index >= 15 is 0 Å². The normalized spacial score (nSPS) is 51.5. The van der Waals surface area contributed by atoms with Gasteiger partial charge in [0.05, 0.1) is 0 Å². The molecule has 64 valence electrons. The quantitative estimate of drug-likeness (QED) is 0.556. The lowest BCUT2D eigenvalue weighted by Crippen LogP contribution is -2.56. The Morgan fingerprint density at radius 2 is 1.73 bits per heavy atom. The molecule has 1 heterocycles. The number of fused-ring (bicyclic) bond motifs is 2. The van der Waals surface area contributed by atoms with E-state index in [9.17, 15) is 0 Å². The minimum Gasteiger partial charge on any atom is -0.325 e. The summed E-state index contributed by atoms with van der Waals surface area (Å²) in [4.78, 5) is 2.43. The maximum absolute atomic E-state index is 6.26. The molecule has 1 saturated carbocycles. The summed E-state index contributed by atoms with van der Waals surface area (Å²) in [6, 6.07) is 0. The Morgan fingerprint density at radius 3 is 2.18 bits per heavy atom. The van der Waals surface area contributed by atoms with Crippen molar-refractivity contribution in [3.8, 4) is 0 Å². The summed E-state index contributed by atoms with van der Waals surface area (Å²) >= 11 is 0. The molecule has 0 spiro atoms. The van der Waals surface area contributed by atoms with Crippen molar-refractivity contribution < 1.29 is 0 Å². The molecule has 1 aliphatic heterocycles. The van der Waals surface area contributed by atoms with Crippen molar-refractivity contribution in [2.24, 2.45) is 17.6 Å². The summed E-state index contributed by atoms with van der Waals surface area (Å²) in [5.41, 5.74) is 6.41. The van der Waals surface area contributed by atoms with Crippen LogP contribution in [0.2, 0.25) is 0 Å².